The Morgan fingerprint density at radius 3 is 2.78 bits per heavy atom. The maximum absolute atomic E-state index is 5.96. The average molecular weight is 255 g/mol. The van der Waals surface area contributed by atoms with E-state index in [1.54, 1.807) is 7.11 Å². The van der Waals surface area contributed by atoms with E-state index in [9.17, 15) is 0 Å². The van der Waals surface area contributed by atoms with Crippen LogP contribution in [0, 0.1) is 0 Å². The van der Waals surface area contributed by atoms with Crippen molar-refractivity contribution in [3.63, 3.8) is 0 Å². The zero-order valence-electron chi connectivity index (χ0n) is 11.4. The molecule has 18 heavy (non-hydrogen) atoms. The molecule has 0 aromatic rings. The molecule has 2 saturated heterocycles. The van der Waals surface area contributed by atoms with Crippen molar-refractivity contribution in [3.8, 4) is 0 Å². The van der Waals surface area contributed by atoms with Crippen LogP contribution >= 0.6 is 0 Å². The quantitative estimate of drug-likeness (QED) is 0.826. The summed E-state index contributed by atoms with van der Waals surface area (Å²) in [6, 6.07) is 0.590. The summed E-state index contributed by atoms with van der Waals surface area (Å²) >= 11 is 0. The first-order valence-electron chi connectivity index (χ1n) is 7.26. The minimum atomic E-state index is -0.0922. The van der Waals surface area contributed by atoms with Gasteiger partial charge in [0.2, 0.25) is 0 Å². The summed E-state index contributed by atoms with van der Waals surface area (Å²) in [5.41, 5.74) is 0.132. The molecule has 104 valence electrons. The Morgan fingerprint density at radius 2 is 2.17 bits per heavy atom. The Morgan fingerprint density at radius 1 is 1.28 bits per heavy atom. The fraction of sp³-hybridized carbons (Fsp3) is 1.00. The van der Waals surface area contributed by atoms with E-state index in [1.165, 1.54) is 25.7 Å². The van der Waals surface area contributed by atoms with E-state index >= 15 is 0 Å². The SMILES string of the molecule is COC1(CNC2CCOC3(CCC3)C2)CCOC1. The van der Waals surface area contributed by atoms with E-state index in [-0.39, 0.29) is 11.2 Å². The molecular formula is C14H25NO3. The van der Waals surface area contributed by atoms with Gasteiger partial charge in [-0.15, -0.1) is 0 Å². The zero-order valence-corrected chi connectivity index (χ0v) is 11.4. The zero-order chi connectivity index (χ0) is 12.5. The van der Waals surface area contributed by atoms with E-state index in [1.807, 2.05) is 0 Å². The minimum absolute atomic E-state index is 0.0922. The molecular weight excluding hydrogens is 230 g/mol. The topological polar surface area (TPSA) is 39.7 Å². The summed E-state index contributed by atoms with van der Waals surface area (Å²) in [6.45, 7) is 3.37. The molecule has 0 bridgehead atoms. The van der Waals surface area contributed by atoms with Crippen molar-refractivity contribution in [3.05, 3.63) is 0 Å². The largest absolute Gasteiger partial charge is 0.378 e. The molecule has 3 fully saturated rings. The van der Waals surface area contributed by atoms with E-state index in [0.717, 1.165) is 39.2 Å². The molecule has 2 atom stereocenters. The maximum Gasteiger partial charge on any atom is 0.106 e. The van der Waals surface area contributed by atoms with Crippen LogP contribution in [0.25, 0.3) is 0 Å². The summed E-state index contributed by atoms with van der Waals surface area (Å²) in [5.74, 6) is 0. The highest BCUT2D eigenvalue weighted by Crippen LogP contribution is 2.42. The second-order valence-corrected chi connectivity index (χ2v) is 6.15. The van der Waals surface area contributed by atoms with Gasteiger partial charge in [-0.25, -0.2) is 0 Å². The van der Waals surface area contributed by atoms with Crippen LogP contribution in [0.5, 0.6) is 0 Å². The number of methoxy groups -OCH3 is 1. The summed E-state index contributed by atoms with van der Waals surface area (Å²) in [7, 11) is 1.80. The lowest BCUT2D eigenvalue weighted by Crippen LogP contribution is -2.54. The van der Waals surface area contributed by atoms with Crippen LogP contribution in [-0.2, 0) is 14.2 Å². The van der Waals surface area contributed by atoms with Gasteiger partial charge < -0.3 is 19.5 Å². The third-order valence-corrected chi connectivity index (χ3v) is 4.97. The first-order chi connectivity index (χ1) is 8.76. The van der Waals surface area contributed by atoms with Crippen molar-refractivity contribution in [1.82, 2.24) is 5.32 Å². The number of nitrogens with one attached hydrogen (secondary N) is 1. The van der Waals surface area contributed by atoms with E-state index in [2.05, 4.69) is 5.32 Å². The Balaban J connectivity index is 1.50. The van der Waals surface area contributed by atoms with Gasteiger partial charge in [-0.05, 0) is 32.1 Å². The molecule has 2 unspecified atom stereocenters. The molecule has 0 aromatic heterocycles. The van der Waals surface area contributed by atoms with Gasteiger partial charge in [0, 0.05) is 39.3 Å². The smallest absolute Gasteiger partial charge is 0.106 e. The first kappa shape index (κ1) is 12.9. The molecule has 1 saturated carbocycles. The number of rotatable bonds is 4. The molecule has 2 aliphatic heterocycles. The van der Waals surface area contributed by atoms with Gasteiger partial charge in [-0.2, -0.15) is 0 Å². The minimum Gasteiger partial charge on any atom is -0.378 e. The van der Waals surface area contributed by atoms with Crippen molar-refractivity contribution in [2.24, 2.45) is 0 Å². The van der Waals surface area contributed by atoms with Crippen molar-refractivity contribution in [1.29, 1.82) is 0 Å². The molecule has 1 spiro atoms. The van der Waals surface area contributed by atoms with E-state index in [0.29, 0.717) is 6.04 Å². The Hall–Kier alpha value is -0.160. The van der Waals surface area contributed by atoms with Gasteiger partial charge in [0.05, 0.1) is 12.2 Å². The van der Waals surface area contributed by atoms with Crippen LogP contribution in [0.1, 0.15) is 38.5 Å². The highest BCUT2D eigenvalue weighted by atomic mass is 16.5. The van der Waals surface area contributed by atoms with Crippen LogP contribution in [0.4, 0.5) is 0 Å². The monoisotopic (exact) mass is 255 g/mol. The van der Waals surface area contributed by atoms with Crippen LogP contribution < -0.4 is 5.32 Å². The van der Waals surface area contributed by atoms with E-state index in [4.69, 9.17) is 14.2 Å². The highest BCUT2D eigenvalue weighted by molar-refractivity contribution is 4.97. The molecule has 4 heteroatoms. The second kappa shape index (κ2) is 5.08. The predicted molar refractivity (Wildman–Crippen MR) is 68.7 cm³/mol. The lowest BCUT2D eigenvalue weighted by molar-refractivity contribution is -0.137. The van der Waals surface area contributed by atoms with E-state index < -0.39 is 0 Å². The van der Waals surface area contributed by atoms with Crippen molar-refractivity contribution in [2.45, 2.75) is 55.8 Å². The highest BCUT2D eigenvalue weighted by Gasteiger charge is 2.43. The second-order valence-electron chi connectivity index (χ2n) is 6.15. The fourth-order valence-corrected chi connectivity index (χ4v) is 3.41. The lowest BCUT2D eigenvalue weighted by Gasteiger charge is -2.47. The molecule has 0 radical (unpaired) electrons. The van der Waals surface area contributed by atoms with Gasteiger partial charge in [0.1, 0.15) is 5.60 Å². The van der Waals surface area contributed by atoms with Crippen LogP contribution in [-0.4, -0.2) is 50.7 Å². The molecule has 1 N–H and O–H groups in total. The summed E-state index contributed by atoms with van der Waals surface area (Å²) in [6.07, 6.45) is 7.15. The predicted octanol–water partition coefficient (Wildman–Crippen LogP) is 1.48. The molecule has 1 aliphatic carbocycles. The standard InChI is InChI=1S/C14H25NO3/c1-16-14(6-8-17-11-14)10-15-12-3-7-18-13(9-12)4-2-5-13/h12,15H,2-11H2,1H3. The normalized spacial score (nSPS) is 38.8. The van der Waals surface area contributed by atoms with Gasteiger partial charge in [-0.3, -0.25) is 0 Å². The lowest BCUT2D eigenvalue weighted by atomic mass is 9.74. The molecule has 2 heterocycles. The fourth-order valence-electron chi connectivity index (χ4n) is 3.41. The van der Waals surface area contributed by atoms with Gasteiger partial charge in [-0.1, -0.05) is 0 Å². The maximum atomic E-state index is 5.96. The Labute approximate surface area is 109 Å². The van der Waals surface area contributed by atoms with Crippen LogP contribution in [0.3, 0.4) is 0 Å². The molecule has 0 aromatic carbocycles. The Kier molecular flexibility index (Phi) is 3.63. The van der Waals surface area contributed by atoms with Gasteiger partial charge in [0.15, 0.2) is 0 Å². The van der Waals surface area contributed by atoms with Crippen molar-refractivity contribution < 1.29 is 14.2 Å². The van der Waals surface area contributed by atoms with Gasteiger partial charge >= 0.3 is 0 Å². The molecule has 0 amide bonds. The van der Waals surface area contributed by atoms with Crippen LogP contribution in [0.15, 0.2) is 0 Å². The number of hydrogen-bond donors (Lipinski definition) is 1. The molecule has 3 aliphatic rings. The summed E-state index contributed by atoms with van der Waals surface area (Å²) in [5, 5.41) is 3.69. The number of hydrogen-bond acceptors (Lipinski definition) is 4. The molecule has 3 rings (SSSR count). The van der Waals surface area contributed by atoms with Gasteiger partial charge in [0.25, 0.3) is 0 Å². The summed E-state index contributed by atoms with van der Waals surface area (Å²) in [4.78, 5) is 0. The van der Waals surface area contributed by atoms with Crippen LogP contribution in [0.2, 0.25) is 0 Å². The number of ether oxygens (including phenoxy) is 3. The first-order valence-corrected chi connectivity index (χ1v) is 7.26. The average Bonchev–Trinajstić information content (AvgIpc) is 2.84. The third-order valence-electron chi connectivity index (χ3n) is 4.97. The van der Waals surface area contributed by atoms with Crippen molar-refractivity contribution >= 4 is 0 Å². The Bertz CT molecular complexity index is 285. The summed E-state index contributed by atoms with van der Waals surface area (Å²) < 4.78 is 17.1. The van der Waals surface area contributed by atoms with Crippen molar-refractivity contribution in [2.75, 3.05) is 33.5 Å². The third kappa shape index (κ3) is 2.44. The molecule has 4 nitrogen and oxygen atoms in total.